The topological polar surface area (TPSA) is 110 Å². The molecule has 2 N–H and O–H groups in total. The molecule has 14 heteroatoms. The highest BCUT2D eigenvalue weighted by Gasteiger charge is 2.28. The Hall–Kier alpha value is -3.71. The molecule has 1 unspecified atom stereocenters. The Morgan fingerprint density at radius 2 is 1.90 bits per heavy atom. The fraction of sp³-hybridized carbons (Fsp3) is 0.393. The Bertz CT molecular complexity index is 1690. The van der Waals surface area contributed by atoms with E-state index in [2.05, 4.69) is 20.1 Å². The summed E-state index contributed by atoms with van der Waals surface area (Å²) in [5.41, 5.74) is 3.20. The van der Waals surface area contributed by atoms with Crippen LogP contribution in [0.4, 0.5) is 20.4 Å². The van der Waals surface area contributed by atoms with Crippen LogP contribution in [-0.4, -0.2) is 49.6 Å². The van der Waals surface area contributed by atoms with E-state index < -0.39 is 6.55 Å². The van der Waals surface area contributed by atoms with Gasteiger partial charge in [-0.3, -0.25) is 18.9 Å². The molecule has 1 saturated heterocycles. The molecule has 10 nitrogen and oxygen atoms in total. The lowest BCUT2D eigenvalue weighted by atomic mass is 9.93. The number of rotatable bonds is 8. The van der Waals surface area contributed by atoms with Crippen LogP contribution in [0, 0.1) is 6.92 Å². The third-order valence-corrected chi connectivity index (χ3v) is 8.12. The van der Waals surface area contributed by atoms with Crippen molar-refractivity contribution >= 4 is 52.0 Å². The van der Waals surface area contributed by atoms with Gasteiger partial charge in [0, 0.05) is 49.8 Å². The second-order valence-electron chi connectivity index (χ2n) is 10.3. The average Bonchev–Trinajstić information content (AvgIpc) is 3.46. The molecular formula is C28H31ClF2N8O2S. The molecular weight excluding hydrogens is 586 g/mol. The van der Waals surface area contributed by atoms with Crippen molar-refractivity contribution < 1.29 is 13.6 Å². The van der Waals surface area contributed by atoms with E-state index in [0.29, 0.717) is 54.2 Å². The number of carbonyl (C=O) groups excluding carboxylic acids is 1. The summed E-state index contributed by atoms with van der Waals surface area (Å²) in [5, 5.41) is 7.81. The highest BCUT2D eigenvalue weighted by Crippen LogP contribution is 2.33. The van der Waals surface area contributed by atoms with Crippen LogP contribution >= 0.6 is 23.5 Å². The third kappa shape index (κ3) is 5.80. The van der Waals surface area contributed by atoms with Gasteiger partial charge >= 0.3 is 6.55 Å². The van der Waals surface area contributed by atoms with Crippen LogP contribution in [-0.2, 0) is 7.05 Å². The lowest BCUT2D eigenvalue weighted by Gasteiger charge is -2.33. The van der Waals surface area contributed by atoms with Gasteiger partial charge in [0.15, 0.2) is 5.69 Å². The summed E-state index contributed by atoms with van der Waals surface area (Å²) in [5.74, 6) is 0.0602. The molecule has 1 aliphatic rings. The molecule has 42 heavy (non-hydrogen) atoms. The quantitative estimate of drug-likeness (QED) is 0.199. The van der Waals surface area contributed by atoms with Gasteiger partial charge in [-0.25, -0.2) is 14.6 Å². The fourth-order valence-corrected chi connectivity index (χ4v) is 5.95. The van der Waals surface area contributed by atoms with Crippen LogP contribution in [0.5, 0.6) is 0 Å². The number of benzene rings is 1. The summed E-state index contributed by atoms with van der Waals surface area (Å²) in [6.07, 6.45) is 4.38. The van der Waals surface area contributed by atoms with Crippen LogP contribution in [0.1, 0.15) is 65.6 Å². The van der Waals surface area contributed by atoms with Gasteiger partial charge in [-0.1, -0.05) is 29.6 Å². The minimum atomic E-state index is -2.69. The number of aromatic nitrogens is 5. The first-order valence-corrected chi connectivity index (χ1v) is 15.0. The van der Waals surface area contributed by atoms with Gasteiger partial charge < -0.3 is 10.2 Å². The summed E-state index contributed by atoms with van der Waals surface area (Å²) >= 11 is 7.24. The van der Waals surface area contributed by atoms with E-state index in [9.17, 15) is 18.4 Å². The normalized spacial score (nSPS) is 14.9. The van der Waals surface area contributed by atoms with Gasteiger partial charge in [-0.15, -0.1) is 0 Å². The van der Waals surface area contributed by atoms with Crippen LogP contribution in [0.2, 0.25) is 5.15 Å². The number of amides is 1. The number of pyridine rings is 1. The van der Waals surface area contributed by atoms with E-state index in [4.69, 9.17) is 16.6 Å². The van der Waals surface area contributed by atoms with Crippen LogP contribution in [0.15, 0.2) is 41.3 Å². The smallest absolute Gasteiger partial charge is 0.333 e. The summed E-state index contributed by atoms with van der Waals surface area (Å²) in [6.45, 7) is 2.25. The van der Waals surface area contributed by atoms with Crippen molar-refractivity contribution in [2.75, 3.05) is 29.6 Å². The Morgan fingerprint density at radius 1 is 1.17 bits per heavy atom. The molecule has 4 aromatic rings. The van der Waals surface area contributed by atoms with Gasteiger partial charge in [-0.05, 0) is 56.5 Å². The number of hydrogen-bond donors (Lipinski definition) is 2. The number of fused-ring (bicyclic) bond motifs is 1. The maximum Gasteiger partial charge on any atom is 0.333 e. The first kappa shape index (κ1) is 29.8. The van der Waals surface area contributed by atoms with Crippen LogP contribution < -0.4 is 20.5 Å². The second-order valence-corrected chi connectivity index (χ2v) is 11.3. The van der Waals surface area contributed by atoms with Crippen molar-refractivity contribution in [2.24, 2.45) is 7.05 Å². The Kier molecular flexibility index (Phi) is 8.69. The number of nitrogens with one attached hydrogen (secondary N) is 2. The average molecular weight is 617 g/mol. The van der Waals surface area contributed by atoms with Gasteiger partial charge in [-0.2, -0.15) is 13.9 Å². The number of aryl methyl sites for hydroxylation is 1. The first-order chi connectivity index (χ1) is 20.1. The summed E-state index contributed by atoms with van der Waals surface area (Å²) in [6, 6.07) is 8.38. The van der Waals surface area contributed by atoms with Gasteiger partial charge in [0.25, 0.3) is 11.5 Å². The predicted octanol–water partition coefficient (Wildman–Crippen LogP) is 5.45. The lowest BCUT2D eigenvalue weighted by Crippen LogP contribution is -2.38. The molecule has 1 fully saturated rings. The highest BCUT2D eigenvalue weighted by atomic mass is 35.5. The number of hydrogen-bond acceptors (Lipinski definition) is 8. The number of carbonyl (C=O) groups is 1. The van der Waals surface area contributed by atoms with Gasteiger partial charge in [0.05, 0.1) is 22.6 Å². The van der Waals surface area contributed by atoms with Crippen molar-refractivity contribution in [3.63, 3.8) is 0 Å². The highest BCUT2D eigenvalue weighted by molar-refractivity contribution is 7.97. The molecule has 1 atom stereocenters. The number of nitrogens with zero attached hydrogens (tertiary/aromatic N) is 6. The summed E-state index contributed by atoms with van der Waals surface area (Å²) in [7, 11) is 1.70. The molecule has 0 spiro atoms. The molecule has 0 saturated carbocycles. The minimum absolute atomic E-state index is 0.0665. The molecule has 1 aromatic carbocycles. The minimum Gasteiger partial charge on any atom is -0.377 e. The molecule has 4 heterocycles. The standard InChI is InChI=1S/C28H31ClF2N8O2S/c1-15-13-18(16(2)33-20-5-6-22(29)34-24(20)25(40)36-42-4)23-19(14-15)26(41)37(3)28(35-23)38-11-8-17(9-12-38)21-7-10-32-39(21)27(30)31/h5-7,10,13-14,16-17,27,33H,8-9,11-12H2,1-4H3,(H,36,40). The van der Waals surface area contributed by atoms with E-state index in [-0.39, 0.29) is 34.3 Å². The van der Waals surface area contributed by atoms with Gasteiger partial charge in [0.2, 0.25) is 5.95 Å². The van der Waals surface area contributed by atoms with E-state index >= 15 is 0 Å². The van der Waals surface area contributed by atoms with Crippen LogP contribution in [0.25, 0.3) is 10.9 Å². The largest absolute Gasteiger partial charge is 0.377 e. The summed E-state index contributed by atoms with van der Waals surface area (Å²) in [4.78, 5) is 37.5. The number of alkyl halides is 2. The van der Waals surface area contributed by atoms with E-state index in [1.165, 1.54) is 6.20 Å². The Morgan fingerprint density at radius 3 is 2.60 bits per heavy atom. The van der Waals surface area contributed by atoms with Crippen molar-refractivity contribution in [3.05, 3.63) is 74.6 Å². The Labute approximate surface area is 250 Å². The fourth-order valence-electron chi connectivity index (χ4n) is 5.52. The van der Waals surface area contributed by atoms with E-state index in [0.717, 1.165) is 27.8 Å². The molecule has 1 aliphatic heterocycles. The van der Waals surface area contributed by atoms with Crippen LogP contribution in [0.3, 0.4) is 0 Å². The molecule has 5 rings (SSSR count). The first-order valence-electron chi connectivity index (χ1n) is 13.4. The van der Waals surface area contributed by atoms with E-state index in [1.807, 2.05) is 30.9 Å². The number of piperidine rings is 1. The third-order valence-electron chi connectivity index (χ3n) is 7.52. The van der Waals surface area contributed by atoms with E-state index in [1.54, 1.807) is 36.1 Å². The van der Waals surface area contributed by atoms with Crippen molar-refractivity contribution in [3.8, 4) is 0 Å². The number of halogens is 3. The molecule has 0 radical (unpaired) electrons. The molecule has 0 bridgehead atoms. The van der Waals surface area contributed by atoms with Gasteiger partial charge in [0.1, 0.15) is 5.15 Å². The Balaban J connectivity index is 1.48. The monoisotopic (exact) mass is 616 g/mol. The SMILES string of the molecule is CSNC(=O)c1nc(Cl)ccc1NC(C)c1cc(C)cc2c(=O)n(C)c(N3CCC(c4ccnn4C(F)F)CC3)nc12. The molecule has 3 aromatic heterocycles. The molecule has 222 valence electrons. The number of anilines is 2. The zero-order valence-corrected chi connectivity index (χ0v) is 25.1. The van der Waals surface area contributed by atoms with Crippen molar-refractivity contribution in [1.29, 1.82) is 0 Å². The molecule has 0 aliphatic carbocycles. The zero-order chi connectivity index (χ0) is 30.1. The second kappa shape index (κ2) is 12.3. The zero-order valence-electron chi connectivity index (χ0n) is 23.6. The maximum absolute atomic E-state index is 13.6. The van der Waals surface area contributed by atoms with Crippen molar-refractivity contribution in [1.82, 2.24) is 29.0 Å². The maximum atomic E-state index is 13.6. The predicted molar refractivity (Wildman–Crippen MR) is 162 cm³/mol. The van der Waals surface area contributed by atoms with Crippen molar-refractivity contribution in [2.45, 2.75) is 45.2 Å². The molecule has 1 amide bonds. The summed E-state index contributed by atoms with van der Waals surface area (Å²) < 4.78 is 31.8. The lowest BCUT2D eigenvalue weighted by molar-refractivity contribution is 0.0517.